The van der Waals surface area contributed by atoms with E-state index in [0.29, 0.717) is 28.8 Å². The minimum absolute atomic E-state index is 0.0727. The first-order chi connectivity index (χ1) is 12.0. The Morgan fingerprint density at radius 1 is 1.28 bits per heavy atom. The molecule has 0 spiro atoms. The maximum absolute atomic E-state index is 12.9. The van der Waals surface area contributed by atoms with Crippen LogP contribution in [0.5, 0.6) is 0 Å². The van der Waals surface area contributed by atoms with Crippen LogP contribution in [-0.4, -0.2) is 37.9 Å². The lowest BCUT2D eigenvalue weighted by Gasteiger charge is -2.11. The van der Waals surface area contributed by atoms with Gasteiger partial charge in [0.15, 0.2) is 5.16 Å². The van der Waals surface area contributed by atoms with E-state index in [0.717, 1.165) is 5.52 Å². The van der Waals surface area contributed by atoms with Gasteiger partial charge < -0.3 is 5.32 Å². The van der Waals surface area contributed by atoms with Crippen molar-refractivity contribution in [2.45, 2.75) is 32.0 Å². The van der Waals surface area contributed by atoms with E-state index >= 15 is 0 Å². The van der Waals surface area contributed by atoms with Gasteiger partial charge in [-0.05, 0) is 24.3 Å². The molecule has 0 saturated carbocycles. The highest BCUT2D eigenvalue weighted by atomic mass is 32.2. The van der Waals surface area contributed by atoms with E-state index in [-0.39, 0.29) is 24.4 Å². The molecule has 7 nitrogen and oxygen atoms in total. The van der Waals surface area contributed by atoms with Gasteiger partial charge in [-0.3, -0.25) is 18.6 Å². The van der Waals surface area contributed by atoms with E-state index in [4.69, 9.17) is 0 Å². The molecule has 2 heterocycles. The topological polar surface area (TPSA) is 81.3 Å². The van der Waals surface area contributed by atoms with Crippen LogP contribution in [0.4, 0.5) is 0 Å². The van der Waals surface area contributed by atoms with Crippen molar-refractivity contribution in [1.29, 1.82) is 0 Å². The van der Waals surface area contributed by atoms with Crippen LogP contribution >= 0.6 is 11.8 Å². The number of thioether (sulfide) groups is 1. The van der Waals surface area contributed by atoms with Gasteiger partial charge >= 0.3 is 0 Å². The normalized spacial score (nSPS) is 11.5. The molecule has 8 heteroatoms. The number of carbonyl (C=O) groups excluding carboxylic acids is 1. The van der Waals surface area contributed by atoms with Crippen LogP contribution in [0.25, 0.3) is 16.7 Å². The van der Waals surface area contributed by atoms with Gasteiger partial charge in [-0.1, -0.05) is 37.7 Å². The zero-order valence-corrected chi connectivity index (χ0v) is 15.3. The largest absolute Gasteiger partial charge is 0.356 e. The molecule has 1 N–H and O–H groups in total. The molecule has 0 aliphatic rings. The molecule has 1 aromatic carbocycles. The summed E-state index contributed by atoms with van der Waals surface area (Å²) in [6.07, 6.45) is 2.14. The van der Waals surface area contributed by atoms with Crippen molar-refractivity contribution >= 4 is 34.3 Å². The average molecular weight is 359 g/mol. The summed E-state index contributed by atoms with van der Waals surface area (Å²) in [7, 11) is 0. The Kier molecular flexibility index (Phi) is 5.08. The highest BCUT2D eigenvalue weighted by Crippen LogP contribution is 2.19. The second-order valence-electron chi connectivity index (χ2n) is 6.24. The van der Waals surface area contributed by atoms with Crippen LogP contribution in [0.2, 0.25) is 0 Å². The minimum Gasteiger partial charge on any atom is -0.356 e. The van der Waals surface area contributed by atoms with Gasteiger partial charge in [-0.2, -0.15) is 0 Å². The Balaban J connectivity index is 2.02. The standard InChI is InChI=1S/C17H21N5O2S/c1-11(2)10-18-14(23)8-9-21-15(24)12-6-4-5-7-13(12)22-16(21)19-20-17(22)25-3/h4-7,11H,8-10H2,1-3H3,(H,18,23). The Hall–Kier alpha value is -2.35. The second kappa shape index (κ2) is 7.26. The van der Waals surface area contributed by atoms with E-state index < -0.39 is 0 Å². The lowest BCUT2D eigenvalue weighted by atomic mass is 10.2. The number of hydrogen-bond donors (Lipinski definition) is 1. The van der Waals surface area contributed by atoms with Crippen LogP contribution in [0.15, 0.2) is 34.2 Å². The van der Waals surface area contributed by atoms with Crippen LogP contribution in [0.3, 0.4) is 0 Å². The van der Waals surface area contributed by atoms with E-state index in [9.17, 15) is 9.59 Å². The summed E-state index contributed by atoms with van der Waals surface area (Å²) in [6, 6.07) is 7.39. The number of benzene rings is 1. The molecule has 0 aliphatic heterocycles. The summed E-state index contributed by atoms with van der Waals surface area (Å²) in [4.78, 5) is 24.9. The Bertz CT molecular complexity index is 976. The molecular weight excluding hydrogens is 338 g/mol. The number of rotatable bonds is 6. The van der Waals surface area contributed by atoms with Crippen LogP contribution in [-0.2, 0) is 11.3 Å². The minimum atomic E-state index is -0.153. The van der Waals surface area contributed by atoms with Gasteiger partial charge in [0, 0.05) is 19.5 Å². The fraction of sp³-hybridized carbons (Fsp3) is 0.412. The molecule has 25 heavy (non-hydrogen) atoms. The molecule has 1 amide bonds. The highest BCUT2D eigenvalue weighted by Gasteiger charge is 2.16. The molecule has 0 atom stereocenters. The van der Waals surface area contributed by atoms with Crippen molar-refractivity contribution < 1.29 is 4.79 Å². The number of para-hydroxylation sites is 1. The maximum atomic E-state index is 12.9. The molecule has 0 unspecified atom stereocenters. The molecule has 2 aromatic heterocycles. The monoisotopic (exact) mass is 359 g/mol. The number of carbonyl (C=O) groups is 1. The zero-order chi connectivity index (χ0) is 18.0. The van der Waals surface area contributed by atoms with Crippen LogP contribution in [0.1, 0.15) is 20.3 Å². The summed E-state index contributed by atoms with van der Waals surface area (Å²) in [5, 5.41) is 12.5. The number of fused-ring (bicyclic) bond motifs is 3. The second-order valence-corrected chi connectivity index (χ2v) is 7.02. The number of amides is 1. The van der Waals surface area contributed by atoms with Crippen molar-refractivity contribution in [2.75, 3.05) is 12.8 Å². The van der Waals surface area contributed by atoms with E-state index in [1.165, 1.54) is 16.3 Å². The SMILES string of the molecule is CSc1nnc2n(CCC(=O)NCC(C)C)c(=O)c3ccccc3n12. The molecule has 132 valence electrons. The van der Waals surface area contributed by atoms with E-state index in [1.54, 1.807) is 6.07 Å². The third-order valence-electron chi connectivity index (χ3n) is 3.93. The van der Waals surface area contributed by atoms with Gasteiger partial charge in [-0.25, -0.2) is 0 Å². The number of nitrogens with one attached hydrogen (secondary N) is 1. The van der Waals surface area contributed by atoms with Crippen LogP contribution < -0.4 is 10.9 Å². The molecule has 0 fully saturated rings. The Morgan fingerprint density at radius 2 is 2.04 bits per heavy atom. The average Bonchev–Trinajstić information content (AvgIpc) is 3.04. The molecule has 0 bridgehead atoms. The van der Waals surface area contributed by atoms with Crippen molar-refractivity contribution in [2.24, 2.45) is 5.92 Å². The molecule has 0 radical (unpaired) electrons. The Labute approximate surface area is 149 Å². The van der Waals surface area contributed by atoms with Crippen LogP contribution in [0, 0.1) is 5.92 Å². The predicted molar refractivity (Wildman–Crippen MR) is 99.0 cm³/mol. The van der Waals surface area contributed by atoms with Gasteiger partial charge in [-0.15, -0.1) is 10.2 Å². The van der Waals surface area contributed by atoms with E-state index in [1.807, 2.05) is 42.7 Å². The van der Waals surface area contributed by atoms with Crippen molar-refractivity contribution in [3.63, 3.8) is 0 Å². The smallest absolute Gasteiger partial charge is 0.262 e. The molecular formula is C17H21N5O2S. The molecule has 0 saturated heterocycles. The molecule has 0 aliphatic carbocycles. The number of nitrogens with zero attached hydrogens (tertiary/aromatic N) is 4. The van der Waals surface area contributed by atoms with Crippen molar-refractivity contribution in [3.05, 3.63) is 34.6 Å². The van der Waals surface area contributed by atoms with Crippen molar-refractivity contribution in [3.8, 4) is 0 Å². The van der Waals surface area contributed by atoms with Gasteiger partial charge in [0.2, 0.25) is 11.7 Å². The highest BCUT2D eigenvalue weighted by molar-refractivity contribution is 7.98. The lowest BCUT2D eigenvalue weighted by molar-refractivity contribution is -0.121. The van der Waals surface area contributed by atoms with Gasteiger partial charge in [0.1, 0.15) is 0 Å². The quantitative estimate of drug-likeness (QED) is 0.680. The molecule has 3 rings (SSSR count). The van der Waals surface area contributed by atoms with Crippen molar-refractivity contribution in [1.82, 2.24) is 24.5 Å². The predicted octanol–water partition coefficient (Wildman–Crippen LogP) is 1.93. The zero-order valence-electron chi connectivity index (χ0n) is 14.5. The first kappa shape index (κ1) is 17.5. The number of hydrogen-bond acceptors (Lipinski definition) is 5. The first-order valence-corrected chi connectivity index (χ1v) is 9.42. The summed E-state index contributed by atoms with van der Waals surface area (Å²) in [5.41, 5.74) is 0.622. The Morgan fingerprint density at radius 3 is 2.76 bits per heavy atom. The summed E-state index contributed by atoms with van der Waals surface area (Å²) >= 11 is 1.46. The number of aromatic nitrogens is 4. The number of aryl methyl sites for hydroxylation is 1. The lowest BCUT2D eigenvalue weighted by Crippen LogP contribution is -2.30. The summed E-state index contributed by atoms with van der Waals surface area (Å²) in [5.74, 6) is 0.779. The summed E-state index contributed by atoms with van der Waals surface area (Å²) in [6.45, 7) is 4.97. The maximum Gasteiger partial charge on any atom is 0.262 e. The molecule has 3 aromatic rings. The van der Waals surface area contributed by atoms with Gasteiger partial charge in [0.25, 0.3) is 5.56 Å². The first-order valence-electron chi connectivity index (χ1n) is 8.20. The fourth-order valence-electron chi connectivity index (χ4n) is 2.69. The fourth-order valence-corrected chi connectivity index (χ4v) is 3.17. The third-order valence-corrected chi connectivity index (χ3v) is 4.56. The van der Waals surface area contributed by atoms with Gasteiger partial charge in [0.05, 0.1) is 10.9 Å². The summed E-state index contributed by atoms with van der Waals surface area (Å²) < 4.78 is 3.40. The third kappa shape index (κ3) is 3.39. The van der Waals surface area contributed by atoms with E-state index in [2.05, 4.69) is 15.5 Å².